The van der Waals surface area contributed by atoms with Crippen molar-refractivity contribution in [3.05, 3.63) is 64.6 Å². The van der Waals surface area contributed by atoms with E-state index < -0.39 is 0 Å². The molecular formula is C21H22N2O2S. The Morgan fingerprint density at radius 2 is 1.58 bits per heavy atom. The Kier molecular flexibility index (Phi) is 5.47. The SMILES string of the molecule is CCN(CC)c1ccc(/C=C2\SC(=O)N(c3ccc(C)cc3)C2=O)cc1. The summed E-state index contributed by atoms with van der Waals surface area (Å²) in [5.41, 5.74) is 3.76. The number of thioether (sulfide) groups is 1. The van der Waals surface area contributed by atoms with E-state index in [2.05, 4.69) is 18.7 Å². The number of hydrogen-bond acceptors (Lipinski definition) is 4. The molecule has 5 heteroatoms. The lowest BCUT2D eigenvalue weighted by atomic mass is 10.1. The fourth-order valence-electron chi connectivity index (χ4n) is 2.91. The molecule has 2 aromatic carbocycles. The van der Waals surface area contributed by atoms with E-state index in [0.717, 1.165) is 41.7 Å². The van der Waals surface area contributed by atoms with Crippen molar-refractivity contribution in [1.29, 1.82) is 0 Å². The second-order valence-electron chi connectivity index (χ2n) is 6.12. The van der Waals surface area contributed by atoms with Crippen LogP contribution in [0.25, 0.3) is 6.08 Å². The molecule has 4 nitrogen and oxygen atoms in total. The molecular weight excluding hydrogens is 344 g/mol. The lowest BCUT2D eigenvalue weighted by molar-refractivity contribution is -0.113. The molecule has 0 N–H and O–H groups in total. The number of imide groups is 1. The highest BCUT2D eigenvalue weighted by molar-refractivity contribution is 8.19. The van der Waals surface area contributed by atoms with Gasteiger partial charge in [0.2, 0.25) is 0 Å². The van der Waals surface area contributed by atoms with Crippen LogP contribution in [0.5, 0.6) is 0 Å². The second kappa shape index (κ2) is 7.79. The molecule has 0 aromatic heterocycles. The Bertz CT molecular complexity index is 837. The van der Waals surface area contributed by atoms with Crippen molar-refractivity contribution in [1.82, 2.24) is 0 Å². The molecule has 0 radical (unpaired) electrons. The number of amides is 2. The summed E-state index contributed by atoms with van der Waals surface area (Å²) < 4.78 is 0. The topological polar surface area (TPSA) is 40.6 Å². The highest BCUT2D eigenvalue weighted by Crippen LogP contribution is 2.35. The van der Waals surface area contributed by atoms with E-state index in [1.165, 1.54) is 4.90 Å². The molecule has 1 aliphatic rings. The largest absolute Gasteiger partial charge is 0.372 e. The van der Waals surface area contributed by atoms with Crippen LogP contribution < -0.4 is 9.80 Å². The van der Waals surface area contributed by atoms with Gasteiger partial charge in [-0.25, -0.2) is 4.90 Å². The third kappa shape index (κ3) is 3.68. The summed E-state index contributed by atoms with van der Waals surface area (Å²) in [5, 5.41) is -0.259. The molecule has 26 heavy (non-hydrogen) atoms. The molecule has 2 amide bonds. The Morgan fingerprint density at radius 3 is 2.15 bits per heavy atom. The van der Waals surface area contributed by atoms with Crippen LogP contribution in [0.15, 0.2) is 53.4 Å². The van der Waals surface area contributed by atoms with E-state index in [-0.39, 0.29) is 11.1 Å². The summed E-state index contributed by atoms with van der Waals surface area (Å²) >= 11 is 0.983. The van der Waals surface area contributed by atoms with E-state index >= 15 is 0 Å². The van der Waals surface area contributed by atoms with E-state index in [1.807, 2.05) is 43.3 Å². The van der Waals surface area contributed by atoms with Crippen molar-refractivity contribution >= 4 is 40.4 Å². The smallest absolute Gasteiger partial charge is 0.298 e. The maximum Gasteiger partial charge on any atom is 0.298 e. The van der Waals surface area contributed by atoms with Gasteiger partial charge in [0, 0.05) is 18.8 Å². The number of carbonyl (C=O) groups excluding carboxylic acids is 2. The first-order valence-electron chi connectivity index (χ1n) is 8.73. The lowest BCUT2D eigenvalue weighted by Crippen LogP contribution is -2.27. The van der Waals surface area contributed by atoms with Crippen molar-refractivity contribution in [2.45, 2.75) is 20.8 Å². The third-order valence-corrected chi connectivity index (χ3v) is 5.27. The van der Waals surface area contributed by atoms with Gasteiger partial charge in [0.1, 0.15) is 0 Å². The van der Waals surface area contributed by atoms with Crippen molar-refractivity contribution in [2.24, 2.45) is 0 Å². The van der Waals surface area contributed by atoms with Crippen LogP contribution in [0.3, 0.4) is 0 Å². The van der Waals surface area contributed by atoms with Gasteiger partial charge in [-0.2, -0.15) is 0 Å². The minimum Gasteiger partial charge on any atom is -0.372 e. The van der Waals surface area contributed by atoms with E-state index in [0.29, 0.717) is 10.6 Å². The molecule has 0 unspecified atom stereocenters. The Morgan fingerprint density at radius 1 is 0.962 bits per heavy atom. The van der Waals surface area contributed by atoms with Crippen molar-refractivity contribution in [3.63, 3.8) is 0 Å². The molecule has 2 aromatic rings. The molecule has 3 rings (SSSR count). The standard InChI is InChI=1S/C21H22N2O2S/c1-4-22(5-2)17-12-8-16(9-13-17)14-19-20(24)23(21(25)26-19)18-10-6-15(3)7-11-18/h6-14H,4-5H2,1-3H3/b19-14-. The fourth-order valence-corrected chi connectivity index (χ4v) is 3.75. The number of aryl methyl sites for hydroxylation is 1. The van der Waals surface area contributed by atoms with Gasteiger partial charge in [0.05, 0.1) is 10.6 Å². The van der Waals surface area contributed by atoms with Gasteiger partial charge >= 0.3 is 0 Å². The molecule has 1 fully saturated rings. The molecule has 1 saturated heterocycles. The zero-order chi connectivity index (χ0) is 18.7. The molecule has 1 heterocycles. The number of benzene rings is 2. The summed E-state index contributed by atoms with van der Waals surface area (Å²) in [6, 6.07) is 15.4. The maximum atomic E-state index is 12.7. The highest BCUT2D eigenvalue weighted by Gasteiger charge is 2.36. The van der Waals surface area contributed by atoms with E-state index in [4.69, 9.17) is 0 Å². The number of hydrogen-bond donors (Lipinski definition) is 0. The first-order valence-corrected chi connectivity index (χ1v) is 9.54. The molecule has 134 valence electrons. The van der Waals surface area contributed by atoms with Gasteiger partial charge in [-0.1, -0.05) is 29.8 Å². The zero-order valence-corrected chi connectivity index (χ0v) is 16.0. The van der Waals surface area contributed by atoms with Gasteiger partial charge in [-0.15, -0.1) is 0 Å². The van der Waals surface area contributed by atoms with Crippen molar-refractivity contribution in [3.8, 4) is 0 Å². The monoisotopic (exact) mass is 366 g/mol. The Hall–Kier alpha value is -2.53. The molecule has 0 aliphatic carbocycles. The molecule has 0 atom stereocenters. The van der Waals surface area contributed by atoms with Gasteiger partial charge in [-0.3, -0.25) is 9.59 Å². The average molecular weight is 366 g/mol. The van der Waals surface area contributed by atoms with Gasteiger partial charge in [0.25, 0.3) is 11.1 Å². The summed E-state index contributed by atoms with van der Waals surface area (Å²) in [6.45, 7) is 8.12. The van der Waals surface area contributed by atoms with E-state index in [9.17, 15) is 9.59 Å². The molecule has 0 spiro atoms. The second-order valence-corrected chi connectivity index (χ2v) is 7.11. The Balaban J connectivity index is 1.82. The van der Waals surface area contributed by atoms with Crippen LogP contribution in [0, 0.1) is 6.92 Å². The number of carbonyl (C=O) groups is 2. The maximum absolute atomic E-state index is 12.7. The third-order valence-electron chi connectivity index (χ3n) is 4.41. The zero-order valence-electron chi connectivity index (χ0n) is 15.2. The van der Waals surface area contributed by atoms with E-state index in [1.54, 1.807) is 18.2 Å². The highest BCUT2D eigenvalue weighted by atomic mass is 32.2. The van der Waals surface area contributed by atoms with Crippen LogP contribution in [0.4, 0.5) is 16.2 Å². The summed E-state index contributed by atoms with van der Waals surface area (Å²) in [7, 11) is 0. The van der Waals surface area contributed by atoms with Crippen LogP contribution in [-0.4, -0.2) is 24.2 Å². The van der Waals surface area contributed by atoms with Crippen molar-refractivity contribution < 1.29 is 9.59 Å². The molecule has 0 bridgehead atoms. The van der Waals surface area contributed by atoms with Crippen LogP contribution in [-0.2, 0) is 4.79 Å². The lowest BCUT2D eigenvalue weighted by Gasteiger charge is -2.20. The van der Waals surface area contributed by atoms with Crippen LogP contribution in [0.2, 0.25) is 0 Å². The fraction of sp³-hybridized carbons (Fsp3) is 0.238. The number of nitrogens with zero attached hydrogens (tertiary/aromatic N) is 2. The van der Waals surface area contributed by atoms with Gasteiger partial charge in [-0.05, 0) is 68.4 Å². The minimum absolute atomic E-state index is 0.259. The summed E-state index contributed by atoms with van der Waals surface area (Å²) in [4.78, 5) is 28.9. The first kappa shape index (κ1) is 18.3. The average Bonchev–Trinajstić information content (AvgIpc) is 2.92. The predicted octanol–water partition coefficient (Wildman–Crippen LogP) is 5.08. The van der Waals surface area contributed by atoms with Crippen molar-refractivity contribution in [2.75, 3.05) is 22.9 Å². The van der Waals surface area contributed by atoms with Crippen LogP contribution in [0.1, 0.15) is 25.0 Å². The summed E-state index contributed by atoms with van der Waals surface area (Å²) in [5.74, 6) is -0.267. The van der Waals surface area contributed by atoms with Gasteiger partial charge in [0.15, 0.2) is 0 Å². The van der Waals surface area contributed by atoms with Gasteiger partial charge < -0.3 is 4.90 Å². The minimum atomic E-state index is -0.267. The molecule has 0 saturated carbocycles. The van der Waals surface area contributed by atoms with Crippen LogP contribution >= 0.6 is 11.8 Å². The predicted molar refractivity (Wildman–Crippen MR) is 110 cm³/mol. The number of rotatable bonds is 5. The Labute approximate surface area is 158 Å². The normalized spacial score (nSPS) is 15.8. The molecule has 1 aliphatic heterocycles. The quantitative estimate of drug-likeness (QED) is 0.692. The number of anilines is 2. The first-order chi connectivity index (χ1) is 12.5. The summed E-state index contributed by atoms with van der Waals surface area (Å²) in [6.07, 6.45) is 1.78.